The Morgan fingerprint density at radius 1 is 0.953 bits per heavy atom. The van der Waals surface area contributed by atoms with Gasteiger partial charge in [-0.2, -0.15) is 5.10 Å². The number of para-hydroxylation sites is 1. The largest absolute Gasteiger partial charge is 0.494 e. The lowest BCUT2D eigenvalue weighted by Gasteiger charge is -2.16. The van der Waals surface area contributed by atoms with Crippen LogP contribution in [0.4, 0.5) is 17.2 Å². The minimum Gasteiger partial charge on any atom is -0.494 e. The predicted molar refractivity (Wildman–Crippen MR) is 159 cm³/mol. The van der Waals surface area contributed by atoms with Crippen molar-refractivity contribution in [3.05, 3.63) is 36.3 Å². The van der Waals surface area contributed by atoms with E-state index in [-0.39, 0.29) is 35.6 Å². The fourth-order valence-electron chi connectivity index (χ4n) is 4.22. The van der Waals surface area contributed by atoms with Gasteiger partial charge in [-0.15, -0.1) is 10.2 Å². The second-order valence-electron chi connectivity index (χ2n) is 9.74. The molecular weight excluding hydrogens is 556 g/mol. The van der Waals surface area contributed by atoms with Gasteiger partial charge in [0.05, 0.1) is 30.6 Å². The first kappa shape index (κ1) is 32.4. The summed E-state index contributed by atoms with van der Waals surface area (Å²) < 4.78 is 7.21. The second-order valence-corrected chi connectivity index (χ2v) is 9.74. The van der Waals surface area contributed by atoms with Gasteiger partial charge in [0.15, 0.2) is 23.1 Å². The van der Waals surface area contributed by atoms with Crippen LogP contribution in [0, 0.1) is 0 Å². The summed E-state index contributed by atoms with van der Waals surface area (Å²) in [6.07, 6.45) is 7.52. The molecule has 15 heteroatoms. The molecule has 0 saturated carbocycles. The van der Waals surface area contributed by atoms with E-state index >= 15 is 0 Å². The summed E-state index contributed by atoms with van der Waals surface area (Å²) in [6, 6.07) is 6.80. The molecule has 0 fully saturated rings. The van der Waals surface area contributed by atoms with Gasteiger partial charge in [0.25, 0.3) is 5.91 Å². The van der Waals surface area contributed by atoms with Crippen molar-refractivity contribution in [1.82, 2.24) is 35.6 Å². The Kier molecular flexibility index (Phi) is 12.4. The van der Waals surface area contributed by atoms with E-state index in [1.54, 1.807) is 36.3 Å². The minimum atomic E-state index is -0.503. The third-order valence-electron chi connectivity index (χ3n) is 6.36. The molecule has 0 aliphatic heterocycles. The van der Waals surface area contributed by atoms with Crippen LogP contribution in [0.5, 0.6) is 5.75 Å². The molecule has 15 nitrogen and oxygen atoms in total. The zero-order chi connectivity index (χ0) is 31.2. The number of hydrogen-bond donors (Lipinski definition) is 5. The number of amides is 4. The third-order valence-corrected chi connectivity index (χ3v) is 6.36. The first-order valence-electron chi connectivity index (χ1n) is 14.0. The van der Waals surface area contributed by atoms with Gasteiger partial charge >= 0.3 is 0 Å². The van der Waals surface area contributed by atoms with Gasteiger partial charge in [-0.25, -0.2) is 4.98 Å². The number of ether oxygens (including phenoxy) is 1. The number of primary amides is 1. The lowest BCUT2D eigenvalue weighted by Crippen LogP contribution is -2.33. The highest BCUT2D eigenvalue weighted by Gasteiger charge is 2.19. The normalized spacial score (nSPS) is 10.6. The smallest absolute Gasteiger partial charge is 0.273 e. The second kappa shape index (κ2) is 16.4. The maximum atomic E-state index is 12.5. The zero-order valence-electron chi connectivity index (χ0n) is 24.6. The number of rotatable bonds is 17. The molecule has 2 aromatic heterocycles. The topological polar surface area (TPSA) is 208 Å². The number of unbranched alkanes of at least 4 members (excludes halogenated alkanes) is 5. The summed E-state index contributed by atoms with van der Waals surface area (Å²) in [5.41, 5.74) is 6.50. The molecule has 0 bridgehead atoms. The van der Waals surface area contributed by atoms with Crippen LogP contribution in [0.3, 0.4) is 0 Å². The summed E-state index contributed by atoms with van der Waals surface area (Å²) >= 11 is 0. The van der Waals surface area contributed by atoms with Gasteiger partial charge in [-0.1, -0.05) is 31.7 Å². The molecule has 1 aromatic carbocycles. The van der Waals surface area contributed by atoms with Crippen LogP contribution in [-0.2, 0) is 21.4 Å². The molecule has 0 aliphatic carbocycles. The van der Waals surface area contributed by atoms with E-state index in [1.165, 1.54) is 20.2 Å². The highest BCUT2D eigenvalue weighted by molar-refractivity contribution is 6.00. The number of anilines is 3. The lowest BCUT2D eigenvalue weighted by molar-refractivity contribution is -0.124. The van der Waals surface area contributed by atoms with Crippen molar-refractivity contribution in [1.29, 1.82) is 0 Å². The van der Waals surface area contributed by atoms with Crippen molar-refractivity contribution in [3.8, 4) is 17.1 Å². The van der Waals surface area contributed by atoms with Crippen LogP contribution in [-0.4, -0.2) is 69.3 Å². The van der Waals surface area contributed by atoms with E-state index in [9.17, 15) is 19.2 Å². The molecule has 0 saturated heterocycles. The van der Waals surface area contributed by atoms with Gasteiger partial charge in [-0.3, -0.25) is 23.9 Å². The molecule has 4 amide bonds. The monoisotopic (exact) mass is 594 g/mol. The molecule has 0 aliphatic rings. The van der Waals surface area contributed by atoms with Crippen LogP contribution in [0.1, 0.15) is 61.9 Å². The Labute approximate surface area is 249 Å². The highest BCUT2D eigenvalue weighted by Crippen LogP contribution is 2.37. The van der Waals surface area contributed by atoms with Gasteiger partial charge in [0.1, 0.15) is 6.33 Å². The summed E-state index contributed by atoms with van der Waals surface area (Å²) in [5, 5.41) is 23.1. The zero-order valence-corrected chi connectivity index (χ0v) is 24.6. The molecule has 0 spiro atoms. The summed E-state index contributed by atoms with van der Waals surface area (Å²) in [7, 11) is 4.73. The van der Waals surface area contributed by atoms with E-state index < -0.39 is 11.8 Å². The van der Waals surface area contributed by atoms with Crippen molar-refractivity contribution < 1.29 is 23.9 Å². The van der Waals surface area contributed by atoms with Crippen LogP contribution in [0.2, 0.25) is 0 Å². The van der Waals surface area contributed by atoms with Gasteiger partial charge in [0.2, 0.25) is 17.7 Å². The molecule has 3 aromatic rings. The van der Waals surface area contributed by atoms with E-state index in [0.717, 1.165) is 32.1 Å². The quantitative estimate of drug-likeness (QED) is 0.144. The number of aromatic nitrogens is 5. The Balaban J connectivity index is 1.59. The van der Waals surface area contributed by atoms with Crippen molar-refractivity contribution in [2.45, 2.75) is 51.4 Å². The highest BCUT2D eigenvalue weighted by atomic mass is 16.5. The standard InChI is InChI=1S/C28H38N10O5/c1-30-28(42)25-20(33-19-12-10-11-18(26(19)43-3)27-32-17-38(2)37-27)15-22(35-36-25)34-24(41)16-31-23(40)14-9-7-5-4-6-8-13-21(29)39/h10-12,15,17H,4-9,13-14,16H2,1-3H3,(H2,29,39)(H,30,42)(H,31,40)(H2,33,34,35,41). The van der Waals surface area contributed by atoms with Gasteiger partial charge in [-0.05, 0) is 25.0 Å². The number of carbonyl (C=O) groups is 4. The van der Waals surface area contributed by atoms with Crippen molar-refractivity contribution in [2.75, 3.05) is 31.3 Å². The van der Waals surface area contributed by atoms with E-state index in [1.807, 2.05) is 0 Å². The predicted octanol–water partition coefficient (Wildman–Crippen LogP) is 2.04. The molecular formula is C28H38N10O5. The average molecular weight is 595 g/mol. The molecule has 3 rings (SSSR count). The first-order valence-corrected chi connectivity index (χ1v) is 14.0. The molecule has 6 N–H and O–H groups in total. The van der Waals surface area contributed by atoms with Crippen LogP contribution in [0.25, 0.3) is 11.4 Å². The van der Waals surface area contributed by atoms with E-state index in [0.29, 0.717) is 42.1 Å². The Morgan fingerprint density at radius 3 is 2.33 bits per heavy atom. The molecule has 0 atom stereocenters. The number of hydrogen-bond acceptors (Lipinski definition) is 10. The van der Waals surface area contributed by atoms with Crippen molar-refractivity contribution >= 4 is 40.8 Å². The maximum Gasteiger partial charge on any atom is 0.273 e. The van der Waals surface area contributed by atoms with Crippen LogP contribution < -0.4 is 31.7 Å². The Bertz CT molecular complexity index is 1420. The SMILES string of the molecule is CNC(=O)c1nnc(NC(=O)CNC(=O)CCCCCCCCC(N)=O)cc1Nc1cccc(-c2ncn(C)n2)c1OC. The van der Waals surface area contributed by atoms with Crippen LogP contribution >= 0.6 is 0 Å². The van der Waals surface area contributed by atoms with E-state index in [4.69, 9.17) is 10.5 Å². The number of carbonyl (C=O) groups excluding carboxylic acids is 4. The summed E-state index contributed by atoms with van der Waals surface area (Å²) in [6.45, 7) is -0.249. The van der Waals surface area contributed by atoms with Crippen LogP contribution in [0.15, 0.2) is 30.6 Å². The van der Waals surface area contributed by atoms with Crippen molar-refractivity contribution in [2.24, 2.45) is 12.8 Å². The lowest BCUT2D eigenvalue weighted by atomic mass is 10.1. The fourth-order valence-corrected chi connectivity index (χ4v) is 4.22. The Morgan fingerprint density at radius 2 is 1.67 bits per heavy atom. The fraction of sp³-hybridized carbons (Fsp3) is 0.429. The van der Waals surface area contributed by atoms with Gasteiger partial charge in [0, 0.05) is 33.0 Å². The maximum absolute atomic E-state index is 12.5. The molecule has 230 valence electrons. The number of methoxy groups -OCH3 is 1. The Hall–Kier alpha value is -5.08. The number of benzene rings is 1. The van der Waals surface area contributed by atoms with Gasteiger partial charge < -0.3 is 31.7 Å². The molecule has 0 unspecified atom stereocenters. The number of nitrogens with zero attached hydrogens (tertiary/aromatic N) is 5. The average Bonchev–Trinajstić information content (AvgIpc) is 3.42. The first-order chi connectivity index (χ1) is 20.7. The number of aryl methyl sites for hydroxylation is 1. The number of nitrogens with two attached hydrogens (primary N) is 1. The number of nitrogens with one attached hydrogen (secondary N) is 4. The molecule has 2 heterocycles. The molecule has 0 radical (unpaired) electrons. The minimum absolute atomic E-state index is 0.00918. The van der Waals surface area contributed by atoms with E-state index in [2.05, 4.69) is 41.5 Å². The van der Waals surface area contributed by atoms with Crippen molar-refractivity contribution in [3.63, 3.8) is 0 Å². The third kappa shape index (κ3) is 10.1. The summed E-state index contributed by atoms with van der Waals surface area (Å²) in [4.78, 5) is 52.2. The molecule has 43 heavy (non-hydrogen) atoms. The summed E-state index contributed by atoms with van der Waals surface area (Å²) in [5.74, 6) is -0.552.